The van der Waals surface area contributed by atoms with E-state index in [-0.39, 0.29) is 34.6 Å². The third-order valence-electron chi connectivity index (χ3n) is 7.92. The maximum atomic E-state index is 12.4. The molecular formula is C21H34O4. The van der Waals surface area contributed by atoms with Crippen molar-refractivity contribution in [3.05, 3.63) is 12.2 Å². The van der Waals surface area contributed by atoms with E-state index in [1.165, 1.54) is 0 Å². The van der Waals surface area contributed by atoms with Crippen molar-refractivity contribution in [1.82, 2.24) is 0 Å². The molecule has 142 valence electrons. The van der Waals surface area contributed by atoms with E-state index in [1.54, 1.807) is 7.11 Å². The van der Waals surface area contributed by atoms with Crippen LogP contribution in [0.2, 0.25) is 0 Å². The van der Waals surface area contributed by atoms with Crippen molar-refractivity contribution in [2.24, 2.45) is 28.1 Å². The SMILES string of the molecule is C=C(C)CC(=O)O[C@@H]1CCC(C)(C)[C@@]2(C)[C@H]3[C@H](CO[C@@H]3OC)C[C@@]12C. The standard InChI is InChI=1S/C21H34O4/c1-13(2)10-16(22)25-15-8-9-19(3,4)21(6)17-14(11-20(15,21)5)12-24-18(17)23-7/h14-15,17-18H,1,8-12H2,2-7H3/t14-,15+,17-,18-,20-,21+/m0/s1. The van der Waals surface area contributed by atoms with Crippen LogP contribution in [-0.4, -0.2) is 32.1 Å². The van der Waals surface area contributed by atoms with Gasteiger partial charge in [0.05, 0.1) is 13.0 Å². The first-order chi connectivity index (χ1) is 11.6. The fourth-order valence-electron chi connectivity index (χ4n) is 6.33. The Labute approximate surface area is 152 Å². The molecular weight excluding hydrogens is 316 g/mol. The zero-order valence-electron chi connectivity index (χ0n) is 16.7. The minimum absolute atomic E-state index is 0.00569. The molecule has 0 amide bonds. The topological polar surface area (TPSA) is 44.8 Å². The number of methoxy groups -OCH3 is 1. The molecule has 0 bridgehead atoms. The van der Waals surface area contributed by atoms with Gasteiger partial charge in [0, 0.05) is 18.4 Å². The van der Waals surface area contributed by atoms with Gasteiger partial charge in [0.15, 0.2) is 6.29 Å². The van der Waals surface area contributed by atoms with Crippen LogP contribution in [-0.2, 0) is 19.0 Å². The van der Waals surface area contributed by atoms with Crippen LogP contribution in [0, 0.1) is 28.1 Å². The number of ether oxygens (including phenoxy) is 3. The highest BCUT2D eigenvalue weighted by Crippen LogP contribution is 2.73. The van der Waals surface area contributed by atoms with Gasteiger partial charge < -0.3 is 14.2 Å². The number of hydrogen-bond donors (Lipinski definition) is 0. The van der Waals surface area contributed by atoms with Gasteiger partial charge in [0.2, 0.25) is 0 Å². The molecule has 0 aromatic carbocycles. The van der Waals surface area contributed by atoms with E-state index in [1.807, 2.05) is 6.92 Å². The molecule has 4 nitrogen and oxygen atoms in total. The summed E-state index contributed by atoms with van der Waals surface area (Å²) in [6.45, 7) is 15.9. The van der Waals surface area contributed by atoms with Gasteiger partial charge in [0.25, 0.3) is 0 Å². The van der Waals surface area contributed by atoms with Crippen molar-refractivity contribution in [2.45, 2.75) is 72.7 Å². The van der Waals surface area contributed by atoms with E-state index in [0.717, 1.165) is 31.4 Å². The second kappa shape index (κ2) is 6.09. The summed E-state index contributed by atoms with van der Waals surface area (Å²) in [4.78, 5) is 12.4. The molecule has 1 heterocycles. The monoisotopic (exact) mass is 350 g/mol. The first-order valence-electron chi connectivity index (χ1n) is 9.55. The van der Waals surface area contributed by atoms with Crippen molar-refractivity contribution in [3.8, 4) is 0 Å². The average molecular weight is 350 g/mol. The highest BCUT2D eigenvalue weighted by atomic mass is 16.7. The van der Waals surface area contributed by atoms with Crippen LogP contribution in [0.5, 0.6) is 0 Å². The molecule has 1 saturated heterocycles. The van der Waals surface area contributed by atoms with Gasteiger partial charge in [-0.05, 0) is 42.9 Å². The predicted octanol–water partition coefficient (Wildman–Crippen LogP) is 4.34. The summed E-state index contributed by atoms with van der Waals surface area (Å²) < 4.78 is 17.7. The Morgan fingerprint density at radius 2 is 1.96 bits per heavy atom. The van der Waals surface area contributed by atoms with Gasteiger partial charge in [-0.1, -0.05) is 39.8 Å². The number of carbonyl (C=O) groups is 1. The number of fused-ring (bicyclic) bond motifs is 3. The molecule has 0 aromatic rings. The third kappa shape index (κ3) is 2.59. The maximum absolute atomic E-state index is 12.4. The Kier molecular flexibility index (Phi) is 4.61. The van der Waals surface area contributed by atoms with E-state index in [4.69, 9.17) is 14.2 Å². The average Bonchev–Trinajstić information content (AvgIpc) is 3.00. The number of esters is 1. The van der Waals surface area contributed by atoms with Crippen LogP contribution in [0.15, 0.2) is 12.2 Å². The Morgan fingerprint density at radius 1 is 1.28 bits per heavy atom. The number of rotatable bonds is 4. The highest BCUT2D eigenvalue weighted by Gasteiger charge is 2.72. The zero-order valence-corrected chi connectivity index (χ0v) is 16.7. The van der Waals surface area contributed by atoms with Crippen LogP contribution in [0.4, 0.5) is 0 Å². The van der Waals surface area contributed by atoms with Crippen LogP contribution in [0.1, 0.15) is 60.3 Å². The van der Waals surface area contributed by atoms with E-state index < -0.39 is 0 Å². The summed E-state index contributed by atoms with van der Waals surface area (Å²) in [5, 5.41) is 0. The molecule has 6 atom stereocenters. The van der Waals surface area contributed by atoms with Crippen LogP contribution < -0.4 is 0 Å². The molecule has 2 aliphatic carbocycles. The van der Waals surface area contributed by atoms with Gasteiger partial charge in [-0.25, -0.2) is 0 Å². The molecule has 0 radical (unpaired) electrons. The Balaban J connectivity index is 1.95. The first kappa shape index (κ1) is 18.9. The smallest absolute Gasteiger partial charge is 0.310 e. The second-order valence-electron chi connectivity index (χ2n) is 9.58. The predicted molar refractivity (Wildman–Crippen MR) is 96.9 cm³/mol. The largest absolute Gasteiger partial charge is 0.462 e. The molecule has 0 N–H and O–H groups in total. The van der Waals surface area contributed by atoms with Crippen LogP contribution in [0.25, 0.3) is 0 Å². The molecule has 2 saturated carbocycles. The fraction of sp³-hybridized carbons (Fsp3) is 0.857. The van der Waals surface area contributed by atoms with Gasteiger partial charge in [-0.15, -0.1) is 0 Å². The fourth-order valence-corrected chi connectivity index (χ4v) is 6.33. The van der Waals surface area contributed by atoms with E-state index in [0.29, 0.717) is 18.3 Å². The molecule has 3 rings (SSSR count). The van der Waals surface area contributed by atoms with E-state index in [9.17, 15) is 4.79 Å². The minimum Gasteiger partial charge on any atom is -0.462 e. The maximum Gasteiger partial charge on any atom is 0.310 e. The van der Waals surface area contributed by atoms with Crippen molar-refractivity contribution >= 4 is 5.97 Å². The second-order valence-corrected chi connectivity index (χ2v) is 9.58. The summed E-state index contributed by atoms with van der Waals surface area (Å²) >= 11 is 0. The molecule has 3 aliphatic rings. The normalized spacial score (nSPS) is 44.9. The molecule has 1 aliphatic heterocycles. The summed E-state index contributed by atoms with van der Waals surface area (Å²) in [5.41, 5.74) is 0.928. The minimum atomic E-state index is -0.152. The molecule has 4 heteroatoms. The quantitative estimate of drug-likeness (QED) is 0.559. The lowest BCUT2D eigenvalue weighted by Gasteiger charge is -2.61. The van der Waals surface area contributed by atoms with Crippen molar-refractivity contribution in [3.63, 3.8) is 0 Å². The molecule has 0 aromatic heterocycles. The summed E-state index contributed by atoms with van der Waals surface area (Å²) in [6, 6.07) is 0. The third-order valence-corrected chi connectivity index (χ3v) is 7.92. The lowest BCUT2D eigenvalue weighted by Crippen LogP contribution is -2.59. The first-order valence-corrected chi connectivity index (χ1v) is 9.55. The van der Waals surface area contributed by atoms with Gasteiger partial charge >= 0.3 is 5.97 Å². The van der Waals surface area contributed by atoms with Gasteiger partial charge in [-0.2, -0.15) is 0 Å². The molecule has 25 heavy (non-hydrogen) atoms. The Bertz CT molecular complexity index is 568. The van der Waals surface area contributed by atoms with Crippen molar-refractivity contribution in [1.29, 1.82) is 0 Å². The molecule has 0 spiro atoms. The molecule has 3 fully saturated rings. The lowest BCUT2D eigenvalue weighted by molar-refractivity contribution is -0.219. The van der Waals surface area contributed by atoms with Crippen LogP contribution in [0.3, 0.4) is 0 Å². The number of carbonyl (C=O) groups excluding carboxylic acids is 1. The number of hydrogen-bond acceptors (Lipinski definition) is 4. The summed E-state index contributed by atoms with van der Waals surface area (Å²) in [6.07, 6.45) is 3.12. The van der Waals surface area contributed by atoms with Crippen molar-refractivity contribution < 1.29 is 19.0 Å². The van der Waals surface area contributed by atoms with E-state index >= 15 is 0 Å². The zero-order chi connectivity index (χ0) is 18.6. The highest BCUT2D eigenvalue weighted by molar-refractivity contribution is 5.72. The van der Waals surface area contributed by atoms with Crippen molar-refractivity contribution in [2.75, 3.05) is 13.7 Å². The Morgan fingerprint density at radius 3 is 2.56 bits per heavy atom. The van der Waals surface area contributed by atoms with E-state index in [2.05, 4.69) is 34.3 Å². The lowest BCUT2D eigenvalue weighted by atomic mass is 9.45. The van der Waals surface area contributed by atoms with Gasteiger partial charge in [-0.3, -0.25) is 4.79 Å². The van der Waals surface area contributed by atoms with Gasteiger partial charge in [0.1, 0.15) is 6.10 Å². The Hall–Kier alpha value is -0.870. The molecule has 0 unspecified atom stereocenters. The summed E-state index contributed by atoms with van der Waals surface area (Å²) in [5.74, 6) is 0.678. The summed E-state index contributed by atoms with van der Waals surface area (Å²) in [7, 11) is 1.74. The van der Waals surface area contributed by atoms with Crippen LogP contribution >= 0.6 is 0 Å².